The lowest BCUT2D eigenvalue weighted by Crippen LogP contribution is -2.21. The van der Waals surface area contributed by atoms with E-state index in [0.717, 1.165) is 12.8 Å². The largest absolute Gasteiger partial charge is 0.456 e. The Balaban J connectivity index is 1.72. The number of hydrogen-bond acceptors (Lipinski definition) is 4. The van der Waals surface area contributed by atoms with E-state index in [-0.39, 0.29) is 18.5 Å². The van der Waals surface area contributed by atoms with Crippen LogP contribution in [0.5, 0.6) is 0 Å². The molecule has 1 amide bonds. The van der Waals surface area contributed by atoms with Gasteiger partial charge in [-0.1, -0.05) is 12.2 Å². The molecule has 5 heteroatoms. The van der Waals surface area contributed by atoms with E-state index in [1.54, 1.807) is 24.3 Å². The third-order valence-electron chi connectivity index (χ3n) is 3.20. The van der Waals surface area contributed by atoms with Crippen molar-refractivity contribution in [3.8, 4) is 6.07 Å². The number of rotatable bonds is 5. The first-order chi connectivity index (χ1) is 10.2. The lowest BCUT2D eigenvalue weighted by atomic mass is 10.1. The van der Waals surface area contributed by atoms with Crippen molar-refractivity contribution in [1.29, 1.82) is 5.26 Å². The summed E-state index contributed by atoms with van der Waals surface area (Å²) < 4.78 is 4.95. The van der Waals surface area contributed by atoms with Gasteiger partial charge in [0.2, 0.25) is 0 Å². The number of carbonyl (C=O) groups excluding carboxylic acids is 2. The molecule has 2 rings (SSSR count). The van der Waals surface area contributed by atoms with E-state index >= 15 is 0 Å². The Labute approximate surface area is 123 Å². The summed E-state index contributed by atoms with van der Waals surface area (Å²) in [5, 5.41) is 11.3. The second kappa shape index (κ2) is 7.25. The third-order valence-corrected chi connectivity index (χ3v) is 3.20. The highest BCUT2D eigenvalue weighted by Crippen LogP contribution is 2.20. The van der Waals surface area contributed by atoms with E-state index in [2.05, 4.69) is 11.4 Å². The smallest absolute Gasteiger partial charge is 0.306 e. The molecule has 1 N–H and O–H groups in total. The summed E-state index contributed by atoms with van der Waals surface area (Å²) >= 11 is 0. The maximum Gasteiger partial charge on any atom is 0.306 e. The lowest BCUT2D eigenvalue weighted by molar-refractivity contribution is -0.147. The SMILES string of the molecule is N#Cc1ccc(NC(=O)COC(=O)C[C@H]2C=CCC2)cc1. The Morgan fingerprint density at radius 1 is 1.33 bits per heavy atom. The van der Waals surface area contributed by atoms with Gasteiger partial charge >= 0.3 is 5.97 Å². The molecule has 1 aromatic carbocycles. The van der Waals surface area contributed by atoms with Crippen molar-refractivity contribution >= 4 is 17.6 Å². The fraction of sp³-hybridized carbons (Fsp3) is 0.312. The van der Waals surface area contributed by atoms with E-state index in [9.17, 15) is 9.59 Å². The number of nitriles is 1. The summed E-state index contributed by atoms with van der Waals surface area (Å²) in [6, 6.07) is 8.46. The predicted octanol–water partition coefficient (Wildman–Crippen LogP) is 2.40. The average molecular weight is 284 g/mol. The number of anilines is 1. The summed E-state index contributed by atoms with van der Waals surface area (Å²) in [5.41, 5.74) is 1.08. The number of ether oxygens (including phenoxy) is 1. The van der Waals surface area contributed by atoms with Gasteiger partial charge in [-0.25, -0.2) is 0 Å². The Morgan fingerprint density at radius 3 is 2.71 bits per heavy atom. The molecule has 0 radical (unpaired) electrons. The fourth-order valence-electron chi connectivity index (χ4n) is 2.11. The standard InChI is InChI=1S/C16H16N2O3/c17-10-13-5-7-14(8-6-13)18-15(19)11-21-16(20)9-12-3-1-2-4-12/h1,3,5-8,12H,2,4,9,11H2,(H,18,19)/t12-/m0/s1. The second-order valence-electron chi connectivity index (χ2n) is 4.87. The van der Waals surface area contributed by atoms with E-state index < -0.39 is 5.91 Å². The number of nitrogens with one attached hydrogen (secondary N) is 1. The van der Waals surface area contributed by atoms with Crippen LogP contribution >= 0.6 is 0 Å². The number of nitrogens with zero attached hydrogens (tertiary/aromatic N) is 1. The van der Waals surface area contributed by atoms with Crippen LogP contribution in [0.2, 0.25) is 0 Å². The van der Waals surface area contributed by atoms with Crippen LogP contribution in [0.3, 0.4) is 0 Å². The summed E-state index contributed by atoms with van der Waals surface area (Å²) in [4.78, 5) is 23.2. The quantitative estimate of drug-likeness (QED) is 0.665. The summed E-state index contributed by atoms with van der Waals surface area (Å²) in [6.07, 6.45) is 6.35. The van der Waals surface area contributed by atoms with Crippen LogP contribution < -0.4 is 5.32 Å². The topological polar surface area (TPSA) is 79.2 Å². The minimum atomic E-state index is -0.393. The molecule has 0 bridgehead atoms. The van der Waals surface area contributed by atoms with Crippen molar-refractivity contribution in [2.45, 2.75) is 19.3 Å². The first kappa shape index (κ1) is 14.8. The molecule has 108 valence electrons. The molecule has 21 heavy (non-hydrogen) atoms. The number of amides is 1. The van der Waals surface area contributed by atoms with Gasteiger partial charge in [0.25, 0.3) is 5.91 Å². The summed E-state index contributed by atoms with van der Waals surface area (Å²) in [7, 11) is 0. The van der Waals surface area contributed by atoms with Crippen LogP contribution in [0.25, 0.3) is 0 Å². The van der Waals surface area contributed by atoms with Crippen LogP contribution in [0.1, 0.15) is 24.8 Å². The molecule has 0 unspecified atom stereocenters. The van der Waals surface area contributed by atoms with Gasteiger partial charge < -0.3 is 10.1 Å². The third kappa shape index (κ3) is 4.77. The van der Waals surface area contributed by atoms with Crippen LogP contribution in [0, 0.1) is 17.2 Å². The minimum Gasteiger partial charge on any atom is -0.456 e. The van der Waals surface area contributed by atoms with E-state index in [0.29, 0.717) is 17.7 Å². The Morgan fingerprint density at radius 2 is 2.10 bits per heavy atom. The zero-order valence-corrected chi connectivity index (χ0v) is 11.5. The van der Waals surface area contributed by atoms with E-state index in [1.165, 1.54) is 0 Å². The fourth-order valence-corrected chi connectivity index (χ4v) is 2.11. The molecule has 0 aromatic heterocycles. The number of carbonyl (C=O) groups is 2. The zero-order valence-electron chi connectivity index (χ0n) is 11.5. The predicted molar refractivity (Wildman–Crippen MR) is 77.2 cm³/mol. The van der Waals surface area contributed by atoms with Gasteiger partial charge in [-0.05, 0) is 43.0 Å². The summed E-state index contributed by atoms with van der Waals surface area (Å²) in [5.74, 6) is -0.518. The van der Waals surface area contributed by atoms with Gasteiger partial charge in [-0.2, -0.15) is 5.26 Å². The molecule has 0 aliphatic heterocycles. The first-order valence-corrected chi connectivity index (χ1v) is 6.79. The van der Waals surface area contributed by atoms with Crippen LogP contribution in [-0.2, 0) is 14.3 Å². The van der Waals surface area contributed by atoms with Crippen molar-refractivity contribution in [1.82, 2.24) is 0 Å². The van der Waals surface area contributed by atoms with Gasteiger partial charge in [-0.3, -0.25) is 9.59 Å². The second-order valence-corrected chi connectivity index (χ2v) is 4.87. The number of hydrogen-bond donors (Lipinski definition) is 1. The molecular weight excluding hydrogens is 268 g/mol. The van der Waals surface area contributed by atoms with Gasteiger partial charge in [0.05, 0.1) is 18.1 Å². The highest BCUT2D eigenvalue weighted by atomic mass is 16.5. The maximum atomic E-state index is 11.6. The lowest BCUT2D eigenvalue weighted by Gasteiger charge is -2.08. The van der Waals surface area contributed by atoms with Gasteiger partial charge in [0.15, 0.2) is 6.61 Å². The molecular formula is C16H16N2O3. The Hall–Kier alpha value is -2.61. The van der Waals surface area contributed by atoms with Crippen molar-refractivity contribution < 1.29 is 14.3 Å². The molecule has 0 fully saturated rings. The van der Waals surface area contributed by atoms with Crippen LogP contribution in [0.15, 0.2) is 36.4 Å². The van der Waals surface area contributed by atoms with Crippen LogP contribution in [0.4, 0.5) is 5.69 Å². The zero-order chi connectivity index (χ0) is 15.1. The molecule has 0 heterocycles. The first-order valence-electron chi connectivity index (χ1n) is 6.79. The van der Waals surface area contributed by atoms with Crippen LogP contribution in [-0.4, -0.2) is 18.5 Å². The highest BCUT2D eigenvalue weighted by molar-refractivity contribution is 5.92. The van der Waals surface area contributed by atoms with Crippen molar-refractivity contribution in [2.75, 3.05) is 11.9 Å². The Kier molecular flexibility index (Phi) is 5.10. The van der Waals surface area contributed by atoms with Gasteiger partial charge in [-0.15, -0.1) is 0 Å². The normalized spacial score (nSPS) is 16.2. The van der Waals surface area contributed by atoms with Crippen molar-refractivity contribution in [2.24, 2.45) is 5.92 Å². The molecule has 1 aliphatic rings. The van der Waals surface area contributed by atoms with E-state index in [4.69, 9.17) is 10.00 Å². The average Bonchev–Trinajstić information content (AvgIpc) is 2.99. The molecule has 0 spiro atoms. The highest BCUT2D eigenvalue weighted by Gasteiger charge is 2.15. The molecule has 1 aromatic rings. The number of esters is 1. The van der Waals surface area contributed by atoms with Gasteiger partial charge in [0.1, 0.15) is 0 Å². The molecule has 0 saturated carbocycles. The molecule has 0 saturated heterocycles. The minimum absolute atomic E-state index is 0.235. The number of allylic oxidation sites excluding steroid dienone is 2. The summed E-state index contributed by atoms with van der Waals surface area (Å²) in [6.45, 7) is -0.296. The van der Waals surface area contributed by atoms with Gasteiger partial charge in [0, 0.05) is 5.69 Å². The monoisotopic (exact) mass is 284 g/mol. The molecule has 1 aliphatic carbocycles. The Bertz CT molecular complexity index is 585. The van der Waals surface area contributed by atoms with Crippen molar-refractivity contribution in [3.63, 3.8) is 0 Å². The maximum absolute atomic E-state index is 11.6. The van der Waals surface area contributed by atoms with E-state index in [1.807, 2.05) is 12.1 Å². The molecule has 5 nitrogen and oxygen atoms in total. The van der Waals surface area contributed by atoms with Crippen molar-refractivity contribution in [3.05, 3.63) is 42.0 Å². The number of benzene rings is 1. The molecule has 1 atom stereocenters.